The zero-order valence-electron chi connectivity index (χ0n) is 17.8. The van der Waals surface area contributed by atoms with Crippen LogP contribution < -0.4 is 5.19 Å². The third kappa shape index (κ3) is 4.07. The highest BCUT2D eigenvalue weighted by atomic mass is 32.1. The van der Waals surface area contributed by atoms with Crippen LogP contribution in [0.1, 0.15) is 88.3 Å². The fourth-order valence-corrected chi connectivity index (χ4v) is 15.3. The van der Waals surface area contributed by atoms with Crippen molar-refractivity contribution in [1.29, 1.82) is 0 Å². The van der Waals surface area contributed by atoms with E-state index in [1.807, 2.05) is 11.3 Å². The minimum Gasteiger partial charge on any atom is -0.142 e. The van der Waals surface area contributed by atoms with Crippen LogP contribution >= 0.6 is 24.0 Å². The van der Waals surface area contributed by atoms with Crippen molar-refractivity contribution in [3.8, 4) is 0 Å². The SMILES string of the molecule is CC=CC1=C(S)c2sc(C)cc2[Si]1(CC(CC)CCCC)C1CCCCC1. The van der Waals surface area contributed by atoms with E-state index < -0.39 is 8.07 Å². The van der Waals surface area contributed by atoms with Crippen LogP contribution in [0.4, 0.5) is 0 Å². The van der Waals surface area contributed by atoms with Crippen LogP contribution in [-0.2, 0) is 0 Å². The molecule has 2 aliphatic rings. The molecule has 0 amide bonds. The Bertz CT molecular complexity index is 693. The minimum atomic E-state index is -1.75. The molecule has 150 valence electrons. The Morgan fingerprint density at radius 2 is 2.00 bits per heavy atom. The van der Waals surface area contributed by atoms with Crippen molar-refractivity contribution in [2.24, 2.45) is 5.92 Å². The molecule has 1 aromatic rings. The Labute approximate surface area is 178 Å². The van der Waals surface area contributed by atoms with Crippen LogP contribution in [0.25, 0.3) is 4.91 Å². The van der Waals surface area contributed by atoms with Gasteiger partial charge in [-0.05, 0) is 47.8 Å². The van der Waals surface area contributed by atoms with Gasteiger partial charge in [0.25, 0.3) is 0 Å². The van der Waals surface area contributed by atoms with Crippen LogP contribution in [0.15, 0.2) is 23.4 Å². The van der Waals surface area contributed by atoms with Crippen molar-refractivity contribution >= 4 is 42.1 Å². The third-order valence-electron chi connectivity index (χ3n) is 7.08. The summed E-state index contributed by atoms with van der Waals surface area (Å²) < 4.78 is 0. The number of allylic oxidation sites excluding steroid dienone is 3. The van der Waals surface area contributed by atoms with E-state index in [-0.39, 0.29) is 0 Å². The molecule has 0 spiro atoms. The van der Waals surface area contributed by atoms with Gasteiger partial charge in [-0.2, -0.15) is 0 Å². The smallest absolute Gasteiger partial charge is 0.124 e. The number of thiophene rings is 1. The molecule has 0 aromatic carbocycles. The fraction of sp³-hybridized carbons (Fsp3) is 0.667. The molecule has 1 aliphatic carbocycles. The van der Waals surface area contributed by atoms with E-state index in [0.717, 1.165) is 11.5 Å². The van der Waals surface area contributed by atoms with Crippen molar-refractivity contribution in [1.82, 2.24) is 0 Å². The van der Waals surface area contributed by atoms with E-state index in [1.54, 1.807) is 10.4 Å². The third-order valence-corrected chi connectivity index (χ3v) is 15.1. The normalized spacial score (nSPS) is 24.8. The Hall–Kier alpha value is -0.253. The maximum atomic E-state index is 5.14. The highest BCUT2D eigenvalue weighted by Crippen LogP contribution is 2.52. The average Bonchev–Trinajstić information content (AvgIpc) is 3.17. The monoisotopic (exact) mass is 418 g/mol. The number of hydrogen-bond donors (Lipinski definition) is 1. The van der Waals surface area contributed by atoms with Gasteiger partial charge in [0.15, 0.2) is 0 Å². The maximum absolute atomic E-state index is 5.14. The summed E-state index contributed by atoms with van der Waals surface area (Å²) in [6, 6.07) is 4.04. The predicted octanol–water partition coefficient (Wildman–Crippen LogP) is 8.03. The lowest BCUT2D eigenvalue weighted by atomic mass is 10.00. The highest BCUT2D eigenvalue weighted by molar-refractivity contribution is 7.91. The molecule has 0 bridgehead atoms. The largest absolute Gasteiger partial charge is 0.142 e. The number of fused-ring (bicyclic) bond motifs is 1. The molecule has 1 aromatic heterocycles. The van der Waals surface area contributed by atoms with Gasteiger partial charge in [-0.3, -0.25) is 0 Å². The van der Waals surface area contributed by atoms with Crippen molar-refractivity contribution in [3.63, 3.8) is 0 Å². The standard InChI is InChI=1S/C24H38S2Si/c1-5-8-13-19(7-3)17-27(20-14-10-9-11-15-20)21(12-6-2)23(25)24-22(27)16-18(4)26-24/h6,12,16,19-20,25H,5,7-11,13-15,17H2,1-4H3. The van der Waals surface area contributed by atoms with Gasteiger partial charge in [0.05, 0.1) is 0 Å². The van der Waals surface area contributed by atoms with Crippen LogP contribution in [0.5, 0.6) is 0 Å². The molecular formula is C24H38S2Si. The summed E-state index contributed by atoms with van der Waals surface area (Å²) in [6.07, 6.45) is 17.4. The van der Waals surface area contributed by atoms with Crippen molar-refractivity contribution < 1.29 is 0 Å². The molecule has 2 heterocycles. The zero-order chi connectivity index (χ0) is 19.4. The van der Waals surface area contributed by atoms with Crippen LogP contribution in [-0.4, -0.2) is 8.07 Å². The van der Waals surface area contributed by atoms with Gasteiger partial charge < -0.3 is 0 Å². The number of hydrogen-bond acceptors (Lipinski definition) is 2. The molecule has 0 nitrogen and oxygen atoms in total. The Morgan fingerprint density at radius 1 is 1.26 bits per heavy atom. The van der Waals surface area contributed by atoms with Crippen LogP contribution in [0, 0.1) is 12.8 Å². The summed E-state index contributed by atoms with van der Waals surface area (Å²) in [7, 11) is -1.75. The first-order chi connectivity index (χ1) is 13.1. The van der Waals surface area contributed by atoms with E-state index >= 15 is 0 Å². The zero-order valence-corrected chi connectivity index (χ0v) is 20.5. The molecule has 3 rings (SSSR count). The minimum absolute atomic E-state index is 0.881. The predicted molar refractivity (Wildman–Crippen MR) is 130 cm³/mol. The second-order valence-electron chi connectivity index (χ2n) is 8.79. The van der Waals surface area contributed by atoms with Crippen molar-refractivity contribution in [3.05, 3.63) is 33.2 Å². The number of unbranched alkanes of at least 4 members (excludes halogenated alkanes) is 1. The second kappa shape index (κ2) is 9.50. The molecule has 0 radical (unpaired) electrons. The first-order valence-corrected chi connectivity index (χ1v) is 14.8. The highest BCUT2D eigenvalue weighted by Gasteiger charge is 2.52. The summed E-state index contributed by atoms with van der Waals surface area (Å²) in [4.78, 5) is 4.36. The van der Waals surface area contributed by atoms with Crippen LogP contribution in [0.3, 0.4) is 0 Å². The molecular weight excluding hydrogens is 380 g/mol. The Kier molecular flexibility index (Phi) is 7.55. The number of thiol groups is 1. The molecule has 0 N–H and O–H groups in total. The lowest BCUT2D eigenvalue weighted by Gasteiger charge is -2.42. The van der Waals surface area contributed by atoms with Gasteiger partial charge in [-0.15, -0.1) is 24.0 Å². The van der Waals surface area contributed by atoms with Crippen molar-refractivity contribution in [2.45, 2.75) is 97.1 Å². The summed E-state index contributed by atoms with van der Waals surface area (Å²) in [6.45, 7) is 9.26. The van der Waals surface area contributed by atoms with Gasteiger partial charge in [0.1, 0.15) is 8.07 Å². The van der Waals surface area contributed by atoms with Gasteiger partial charge >= 0.3 is 0 Å². The summed E-state index contributed by atoms with van der Waals surface area (Å²) in [5.74, 6) is 0.881. The van der Waals surface area contributed by atoms with E-state index in [4.69, 9.17) is 12.6 Å². The molecule has 27 heavy (non-hydrogen) atoms. The molecule has 0 saturated heterocycles. The number of aryl methyl sites for hydroxylation is 1. The topological polar surface area (TPSA) is 0 Å². The molecule has 3 heteroatoms. The fourth-order valence-electron chi connectivity index (χ4n) is 5.71. The number of rotatable bonds is 8. The Balaban J connectivity index is 2.12. The van der Waals surface area contributed by atoms with Gasteiger partial charge in [0, 0.05) is 14.7 Å². The average molecular weight is 419 g/mol. The lowest BCUT2D eigenvalue weighted by molar-refractivity contribution is 0.464. The van der Waals surface area contributed by atoms with Crippen molar-refractivity contribution in [2.75, 3.05) is 0 Å². The van der Waals surface area contributed by atoms with Gasteiger partial charge in [-0.25, -0.2) is 0 Å². The molecule has 1 saturated carbocycles. The van der Waals surface area contributed by atoms with E-state index in [1.165, 1.54) is 78.5 Å². The molecule has 1 aliphatic heterocycles. The lowest BCUT2D eigenvalue weighted by Crippen LogP contribution is -2.53. The van der Waals surface area contributed by atoms with E-state index in [9.17, 15) is 0 Å². The molecule has 1 fully saturated rings. The van der Waals surface area contributed by atoms with Gasteiger partial charge in [-0.1, -0.05) is 83.8 Å². The van der Waals surface area contributed by atoms with E-state index in [2.05, 4.69) is 45.9 Å². The first kappa shape index (κ1) is 21.5. The van der Waals surface area contributed by atoms with Gasteiger partial charge in [0.2, 0.25) is 0 Å². The quantitative estimate of drug-likeness (QED) is 0.320. The molecule has 2 unspecified atom stereocenters. The van der Waals surface area contributed by atoms with E-state index in [0.29, 0.717) is 0 Å². The first-order valence-electron chi connectivity index (χ1n) is 11.3. The summed E-state index contributed by atoms with van der Waals surface area (Å²) >= 11 is 7.14. The summed E-state index contributed by atoms with van der Waals surface area (Å²) in [5.41, 5.74) is 0.922. The van der Waals surface area contributed by atoms with Crippen LogP contribution in [0.2, 0.25) is 11.6 Å². The molecule has 2 atom stereocenters. The maximum Gasteiger partial charge on any atom is 0.124 e. The Morgan fingerprint density at radius 3 is 2.63 bits per heavy atom. The second-order valence-corrected chi connectivity index (χ2v) is 14.7. The summed E-state index contributed by atoms with van der Waals surface area (Å²) in [5, 5.41) is 3.45.